The molecule has 2 nitrogen and oxygen atoms in total. The first-order chi connectivity index (χ1) is 5.77. The van der Waals surface area contributed by atoms with Crippen LogP contribution in [0.15, 0.2) is 22.4 Å². The maximum Gasteiger partial charge on any atom is 0.0447 e. The summed E-state index contributed by atoms with van der Waals surface area (Å²) < 4.78 is 0. The summed E-state index contributed by atoms with van der Waals surface area (Å²) in [6, 6.07) is 0. The molecule has 0 aromatic rings. The minimum absolute atomic E-state index is 0.0590. The molecule has 0 bridgehead atoms. The summed E-state index contributed by atoms with van der Waals surface area (Å²) in [6.07, 6.45) is 8.32. The summed E-state index contributed by atoms with van der Waals surface area (Å²) in [4.78, 5) is 8.13. The van der Waals surface area contributed by atoms with Gasteiger partial charge in [0.1, 0.15) is 0 Å². The van der Waals surface area contributed by atoms with E-state index >= 15 is 0 Å². The van der Waals surface area contributed by atoms with Crippen molar-refractivity contribution in [2.45, 2.75) is 34.1 Å². The Balaban J connectivity index is 0.000000561. The number of hydrogen-bond donors (Lipinski definition) is 0. The molecule has 0 spiro atoms. The van der Waals surface area contributed by atoms with Crippen LogP contribution in [0.5, 0.6) is 0 Å². The SMILES string of the molecule is CC.CCC1(C)C=NC=CN=C1. The molecule has 0 saturated carbocycles. The molecule has 0 radical (unpaired) electrons. The fraction of sp³-hybridized carbons (Fsp3) is 0.600. The molecule has 1 rings (SSSR count). The summed E-state index contributed by atoms with van der Waals surface area (Å²) in [6.45, 7) is 8.25. The zero-order chi connectivity index (χ0) is 9.45. The van der Waals surface area contributed by atoms with Gasteiger partial charge in [-0.2, -0.15) is 0 Å². The average molecular weight is 166 g/mol. The van der Waals surface area contributed by atoms with Gasteiger partial charge in [0, 0.05) is 30.2 Å². The maximum absolute atomic E-state index is 4.06. The van der Waals surface area contributed by atoms with Crippen molar-refractivity contribution in [3.05, 3.63) is 12.4 Å². The van der Waals surface area contributed by atoms with E-state index in [1.165, 1.54) is 0 Å². The fourth-order valence-electron chi connectivity index (χ4n) is 0.720. The molecule has 12 heavy (non-hydrogen) atoms. The lowest BCUT2D eigenvalue weighted by atomic mass is 9.91. The second kappa shape index (κ2) is 5.70. The molecular weight excluding hydrogens is 148 g/mol. The van der Waals surface area contributed by atoms with Gasteiger partial charge in [0.05, 0.1) is 0 Å². The molecule has 0 aliphatic carbocycles. The van der Waals surface area contributed by atoms with E-state index in [-0.39, 0.29) is 5.41 Å². The number of aliphatic imine (C=N–C) groups is 2. The summed E-state index contributed by atoms with van der Waals surface area (Å²) in [5.41, 5.74) is 0.0590. The van der Waals surface area contributed by atoms with Gasteiger partial charge in [-0.3, -0.25) is 9.98 Å². The van der Waals surface area contributed by atoms with Gasteiger partial charge in [0.2, 0.25) is 0 Å². The van der Waals surface area contributed by atoms with Crippen LogP contribution in [0.4, 0.5) is 0 Å². The molecule has 2 heteroatoms. The highest BCUT2D eigenvalue weighted by molar-refractivity contribution is 5.89. The normalized spacial score (nSPS) is 18.0. The number of nitrogens with zero attached hydrogens (tertiary/aromatic N) is 2. The molecule has 1 aliphatic rings. The Kier molecular flexibility index (Phi) is 5.26. The van der Waals surface area contributed by atoms with Crippen LogP contribution < -0.4 is 0 Å². The summed E-state index contributed by atoms with van der Waals surface area (Å²) >= 11 is 0. The standard InChI is InChI=1S/C8H12N2.C2H6/c1-3-8(2)6-9-4-5-10-7-8;1-2/h4-7H,3H2,1-2H3;1-2H3. The molecule has 0 atom stereocenters. The lowest BCUT2D eigenvalue weighted by Gasteiger charge is -2.14. The van der Waals surface area contributed by atoms with Gasteiger partial charge in [-0.05, 0) is 13.3 Å². The van der Waals surface area contributed by atoms with E-state index in [9.17, 15) is 0 Å². The zero-order valence-corrected chi connectivity index (χ0v) is 8.41. The Morgan fingerprint density at radius 3 is 1.83 bits per heavy atom. The highest BCUT2D eigenvalue weighted by Crippen LogP contribution is 2.16. The quantitative estimate of drug-likeness (QED) is 0.572. The summed E-state index contributed by atoms with van der Waals surface area (Å²) in [7, 11) is 0. The van der Waals surface area contributed by atoms with Gasteiger partial charge in [0.25, 0.3) is 0 Å². The maximum atomic E-state index is 4.06. The Morgan fingerprint density at radius 2 is 1.50 bits per heavy atom. The van der Waals surface area contributed by atoms with E-state index < -0.39 is 0 Å². The van der Waals surface area contributed by atoms with Crippen LogP contribution in [0.2, 0.25) is 0 Å². The van der Waals surface area contributed by atoms with Crippen LogP contribution in [-0.4, -0.2) is 12.4 Å². The summed E-state index contributed by atoms with van der Waals surface area (Å²) in [5.74, 6) is 0. The van der Waals surface area contributed by atoms with Gasteiger partial charge in [0.15, 0.2) is 0 Å². The molecule has 68 valence electrons. The highest BCUT2D eigenvalue weighted by Gasteiger charge is 2.16. The third-order valence-electron chi connectivity index (χ3n) is 1.74. The van der Waals surface area contributed by atoms with Crippen molar-refractivity contribution in [3.8, 4) is 0 Å². The molecule has 0 aromatic carbocycles. The van der Waals surface area contributed by atoms with Crippen LogP contribution in [0.25, 0.3) is 0 Å². The average Bonchev–Trinajstić information content (AvgIpc) is 2.35. The predicted molar refractivity (Wildman–Crippen MR) is 55.9 cm³/mol. The Bertz CT molecular complexity index is 174. The molecule has 0 fully saturated rings. The van der Waals surface area contributed by atoms with E-state index in [0.29, 0.717) is 0 Å². The van der Waals surface area contributed by atoms with E-state index in [1.807, 2.05) is 26.3 Å². The Labute approximate surface area is 75.1 Å². The van der Waals surface area contributed by atoms with Gasteiger partial charge in [-0.25, -0.2) is 0 Å². The second-order valence-electron chi connectivity index (χ2n) is 2.71. The molecule has 0 saturated heterocycles. The first-order valence-electron chi connectivity index (χ1n) is 4.50. The van der Waals surface area contributed by atoms with Crippen LogP contribution in [0.1, 0.15) is 34.1 Å². The van der Waals surface area contributed by atoms with Gasteiger partial charge >= 0.3 is 0 Å². The third-order valence-corrected chi connectivity index (χ3v) is 1.74. The molecule has 0 N–H and O–H groups in total. The zero-order valence-electron chi connectivity index (χ0n) is 8.41. The van der Waals surface area contributed by atoms with Crippen molar-refractivity contribution in [3.63, 3.8) is 0 Å². The van der Waals surface area contributed by atoms with Gasteiger partial charge in [-0.1, -0.05) is 20.8 Å². The highest BCUT2D eigenvalue weighted by atomic mass is 14.8. The molecular formula is C10H18N2. The molecule has 0 unspecified atom stereocenters. The first kappa shape index (κ1) is 11.1. The molecule has 0 amide bonds. The summed E-state index contributed by atoms with van der Waals surface area (Å²) in [5, 5.41) is 0. The molecule has 0 aromatic heterocycles. The lowest BCUT2D eigenvalue weighted by molar-refractivity contribution is 0.644. The van der Waals surface area contributed by atoms with Crippen LogP contribution in [0, 0.1) is 5.41 Å². The lowest BCUT2D eigenvalue weighted by Crippen LogP contribution is -2.17. The monoisotopic (exact) mass is 166 g/mol. The Morgan fingerprint density at radius 1 is 1.08 bits per heavy atom. The smallest absolute Gasteiger partial charge is 0.0447 e. The van der Waals surface area contributed by atoms with E-state index in [1.54, 1.807) is 12.4 Å². The van der Waals surface area contributed by atoms with E-state index in [2.05, 4.69) is 23.8 Å². The number of hydrogen-bond acceptors (Lipinski definition) is 2. The van der Waals surface area contributed by atoms with Crippen molar-refractivity contribution in [2.75, 3.05) is 0 Å². The van der Waals surface area contributed by atoms with Crippen LogP contribution in [0.3, 0.4) is 0 Å². The number of rotatable bonds is 1. The van der Waals surface area contributed by atoms with Gasteiger partial charge in [-0.15, -0.1) is 0 Å². The molecule has 1 aliphatic heterocycles. The minimum atomic E-state index is 0.0590. The van der Waals surface area contributed by atoms with E-state index in [0.717, 1.165) is 6.42 Å². The minimum Gasteiger partial charge on any atom is -0.267 e. The topological polar surface area (TPSA) is 24.7 Å². The second-order valence-corrected chi connectivity index (χ2v) is 2.71. The van der Waals surface area contributed by atoms with Crippen molar-refractivity contribution >= 4 is 12.4 Å². The largest absolute Gasteiger partial charge is 0.267 e. The first-order valence-corrected chi connectivity index (χ1v) is 4.50. The van der Waals surface area contributed by atoms with E-state index in [4.69, 9.17) is 0 Å². The van der Waals surface area contributed by atoms with Crippen molar-refractivity contribution in [1.29, 1.82) is 0 Å². The molecule has 1 heterocycles. The van der Waals surface area contributed by atoms with Crippen molar-refractivity contribution < 1.29 is 0 Å². The van der Waals surface area contributed by atoms with Crippen LogP contribution in [-0.2, 0) is 0 Å². The fourth-order valence-corrected chi connectivity index (χ4v) is 0.720. The van der Waals surface area contributed by atoms with Crippen molar-refractivity contribution in [2.24, 2.45) is 15.4 Å². The van der Waals surface area contributed by atoms with Crippen molar-refractivity contribution in [1.82, 2.24) is 0 Å². The Hall–Kier alpha value is -0.920. The predicted octanol–water partition coefficient (Wildman–Crippen LogP) is 3.06. The van der Waals surface area contributed by atoms with Crippen LogP contribution >= 0.6 is 0 Å². The van der Waals surface area contributed by atoms with Gasteiger partial charge < -0.3 is 0 Å². The third kappa shape index (κ3) is 3.46.